The standard InChI is InChI=1S/C11H19NO/c1-4-10(13)12-8-6-11(3,5-2)7-9-12/h4H,1,5-9H2,2-3H3. The van der Waals surface area contributed by atoms with Gasteiger partial charge in [0.2, 0.25) is 5.91 Å². The Morgan fingerprint density at radius 3 is 2.46 bits per heavy atom. The molecule has 1 aliphatic heterocycles. The maximum Gasteiger partial charge on any atom is 0.245 e. The summed E-state index contributed by atoms with van der Waals surface area (Å²) in [6.07, 6.45) is 4.88. The minimum Gasteiger partial charge on any atom is -0.339 e. The van der Waals surface area contributed by atoms with Crippen LogP contribution in [0.25, 0.3) is 0 Å². The van der Waals surface area contributed by atoms with E-state index in [4.69, 9.17) is 0 Å². The summed E-state index contributed by atoms with van der Waals surface area (Å²) in [6, 6.07) is 0. The fourth-order valence-electron chi connectivity index (χ4n) is 1.75. The lowest BCUT2D eigenvalue weighted by Gasteiger charge is -2.38. The lowest BCUT2D eigenvalue weighted by Crippen LogP contribution is -2.41. The van der Waals surface area contributed by atoms with E-state index in [2.05, 4.69) is 20.4 Å². The normalized spacial score (nSPS) is 21.2. The summed E-state index contributed by atoms with van der Waals surface area (Å²) in [6.45, 7) is 9.83. The zero-order chi connectivity index (χ0) is 9.90. The van der Waals surface area contributed by atoms with Crippen molar-refractivity contribution in [3.63, 3.8) is 0 Å². The van der Waals surface area contributed by atoms with Crippen LogP contribution in [0, 0.1) is 5.41 Å². The van der Waals surface area contributed by atoms with E-state index in [0.29, 0.717) is 5.41 Å². The van der Waals surface area contributed by atoms with Gasteiger partial charge in [-0.3, -0.25) is 4.79 Å². The number of hydrogen-bond acceptors (Lipinski definition) is 1. The average molecular weight is 181 g/mol. The number of nitrogens with zero attached hydrogens (tertiary/aromatic N) is 1. The van der Waals surface area contributed by atoms with Crippen LogP contribution in [0.15, 0.2) is 12.7 Å². The average Bonchev–Trinajstić information content (AvgIpc) is 2.18. The Hall–Kier alpha value is -0.790. The topological polar surface area (TPSA) is 20.3 Å². The zero-order valence-corrected chi connectivity index (χ0v) is 8.68. The molecule has 1 heterocycles. The molecule has 0 aromatic heterocycles. The Morgan fingerprint density at radius 2 is 2.08 bits per heavy atom. The van der Waals surface area contributed by atoms with Gasteiger partial charge in [-0.25, -0.2) is 0 Å². The number of piperidine rings is 1. The van der Waals surface area contributed by atoms with Crippen molar-refractivity contribution in [2.45, 2.75) is 33.1 Å². The molecule has 0 N–H and O–H groups in total. The molecule has 0 saturated carbocycles. The van der Waals surface area contributed by atoms with Crippen molar-refractivity contribution in [3.05, 3.63) is 12.7 Å². The molecular weight excluding hydrogens is 162 g/mol. The summed E-state index contributed by atoms with van der Waals surface area (Å²) in [7, 11) is 0. The van der Waals surface area contributed by atoms with Gasteiger partial charge in [0, 0.05) is 13.1 Å². The molecule has 1 aliphatic rings. The summed E-state index contributed by atoms with van der Waals surface area (Å²) in [5, 5.41) is 0. The molecule has 0 unspecified atom stereocenters. The summed E-state index contributed by atoms with van der Waals surface area (Å²) < 4.78 is 0. The van der Waals surface area contributed by atoms with Crippen molar-refractivity contribution in [1.29, 1.82) is 0 Å². The molecule has 0 radical (unpaired) electrons. The maximum absolute atomic E-state index is 11.3. The summed E-state index contributed by atoms with van der Waals surface area (Å²) >= 11 is 0. The second-order valence-electron chi connectivity index (χ2n) is 4.19. The molecular formula is C11H19NO. The molecule has 1 saturated heterocycles. The smallest absolute Gasteiger partial charge is 0.245 e. The second-order valence-corrected chi connectivity index (χ2v) is 4.19. The lowest BCUT2D eigenvalue weighted by molar-refractivity contribution is -0.128. The zero-order valence-electron chi connectivity index (χ0n) is 8.68. The van der Waals surface area contributed by atoms with Crippen LogP contribution in [-0.2, 0) is 4.79 Å². The van der Waals surface area contributed by atoms with Gasteiger partial charge in [0.25, 0.3) is 0 Å². The molecule has 0 spiro atoms. The highest BCUT2D eigenvalue weighted by molar-refractivity contribution is 5.87. The number of carbonyl (C=O) groups is 1. The fourth-order valence-corrected chi connectivity index (χ4v) is 1.75. The molecule has 1 fully saturated rings. The predicted molar refractivity (Wildman–Crippen MR) is 54.4 cm³/mol. The van der Waals surface area contributed by atoms with E-state index in [0.717, 1.165) is 25.9 Å². The van der Waals surface area contributed by atoms with Crippen molar-refractivity contribution < 1.29 is 4.79 Å². The van der Waals surface area contributed by atoms with Crippen LogP contribution >= 0.6 is 0 Å². The molecule has 2 heteroatoms. The minimum atomic E-state index is 0.0816. The summed E-state index contributed by atoms with van der Waals surface area (Å²) in [4.78, 5) is 13.2. The first-order valence-corrected chi connectivity index (χ1v) is 5.02. The number of rotatable bonds is 2. The van der Waals surface area contributed by atoms with E-state index in [9.17, 15) is 4.79 Å². The van der Waals surface area contributed by atoms with E-state index in [1.54, 1.807) is 0 Å². The first-order chi connectivity index (χ1) is 6.11. The highest BCUT2D eigenvalue weighted by atomic mass is 16.2. The molecule has 74 valence electrons. The van der Waals surface area contributed by atoms with Crippen molar-refractivity contribution >= 4 is 5.91 Å². The second kappa shape index (κ2) is 3.95. The van der Waals surface area contributed by atoms with Crippen LogP contribution in [0.2, 0.25) is 0 Å². The Bertz CT molecular complexity index is 202. The van der Waals surface area contributed by atoms with Gasteiger partial charge >= 0.3 is 0 Å². The molecule has 2 nitrogen and oxygen atoms in total. The number of amides is 1. The van der Waals surface area contributed by atoms with Gasteiger partial charge in [0.15, 0.2) is 0 Å². The van der Waals surface area contributed by atoms with Gasteiger partial charge in [0.1, 0.15) is 0 Å². The van der Waals surface area contributed by atoms with E-state index in [1.165, 1.54) is 12.5 Å². The number of hydrogen-bond donors (Lipinski definition) is 0. The van der Waals surface area contributed by atoms with Crippen LogP contribution in [0.1, 0.15) is 33.1 Å². The molecule has 0 bridgehead atoms. The Labute approximate surface area is 80.6 Å². The summed E-state index contributed by atoms with van der Waals surface area (Å²) in [5.74, 6) is 0.0816. The summed E-state index contributed by atoms with van der Waals surface area (Å²) in [5.41, 5.74) is 0.456. The van der Waals surface area contributed by atoms with Crippen LogP contribution in [0.4, 0.5) is 0 Å². The van der Waals surface area contributed by atoms with Crippen molar-refractivity contribution in [1.82, 2.24) is 4.90 Å². The Kier molecular flexibility index (Phi) is 3.12. The predicted octanol–water partition coefficient (Wildman–Crippen LogP) is 2.21. The van der Waals surface area contributed by atoms with Gasteiger partial charge < -0.3 is 4.90 Å². The van der Waals surface area contributed by atoms with Gasteiger partial charge in [-0.05, 0) is 24.3 Å². The number of likely N-dealkylation sites (tertiary alicyclic amines) is 1. The van der Waals surface area contributed by atoms with Gasteiger partial charge in [-0.2, -0.15) is 0 Å². The largest absolute Gasteiger partial charge is 0.339 e. The third-order valence-corrected chi connectivity index (χ3v) is 3.31. The SMILES string of the molecule is C=CC(=O)N1CCC(C)(CC)CC1. The Balaban J connectivity index is 2.47. The van der Waals surface area contributed by atoms with Crippen molar-refractivity contribution in [2.24, 2.45) is 5.41 Å². The molecule has 0 atom stereocenters. The molecule has 1 rings (SSSR count). The van der Waals surface area contributed by atoms with E-state index >= 15 is 0 Å². The molecule has 0 aromatic rings. The molecule has 0 aromatic carbocycles. The van der Waals surface area contributed by atoms with Gasteiger partial charge in [-0.15, -0.1) is 0 Å². The minimum absolute atomic E-state index is 0.0816. The van der Waals surface area contributed by atoms with Gasteiger partial charge in [-0.1, -0.05) is 26.8 Å². The fraction of sp³-hybridized carbons (Fsp3) is 0.727. The molecule has 13 heavy (non-hydrogen) atoms. The third-order valence-electron chi connectivity index (χ3n) is 3.31. The highest BCUT2D eigenvalue weighted by Crippen LogP contribution is 2.33. The molecule has 0 aliphatic carbocycles. The quantitative estimate of drug-likeness (QED) is 0.598. The monoisotopic (exact) mass is 181 g/mol. The van der Waals surface area contributed by atoms with E-state index in [-0.39, 0.29) is 5.91 Å². The van der Waals surface area contributed by atoms with E-state index < -0.39 is 0 Å². The van der Waals surface area contributed by atoms with Crippen LogP contribution in [-0.4, -0.2) is 23.9 Å². The van der Waals surface area contributed by atoms with E-state index in [1.807, 2.05) is 4.90 Å². The van der Waals surface area contributed by atoms with Crippen LogP contribution in [0.3, 0.4) is 0 Å². The maximum atomic E-state index is 11.3. The highest BCUT2D eigenvalue weighted by Gasteiger charge is 2.29. The first kappa shape index (κ1) is 10.3. The van der Waals surface area contributed by atoms with Crippen molar-refractivity contribution in [3.8, 4) is 0 Å². The van der Waals surface area contributed by atoms with Crippen LogP contribution in [0.5, 0.6) is 0 Å². The van der Waals surface area contributed by atoms with Gasteiger partial charge in [0.05, 0.1) is 0 Å². The Morgan fingerprint density at radius 1 is 1.54 bits per heavy atom. The van der Waals surface area contributed by atoms with Crippen LogP contribution < -0.4 is 0 Å². The lowest BCUT2D eigenvalue weighted by atomic mass is 9.78. The first-order valence-electron chi connectivity index (χ1n) is 5.02. The van der Waals surface area contributed by atoms with Crippen molar-refractivity contribution in [2.75, 3.05) is 13.1 Å². The molecule has 1 amide bonds. The third kappa shape index (κ3) is 2.33. The number of carbonyl (C=O) groups excluding carboxylic acids is 1.